The molecule has 0 amide bonds. The van der Waals surface area contributed by atoms with Crippen LogP contribution in [-0.2, 0) is 13.7 Å². The molecule has 0 bridgehead atoms. The minimum Gasteiger partial charge on any atom is -0.496 e. The van der Waals surface area contributed by atoms with Crippen molar-refractivity contribution in [2.24, 2.45) is 7.05 Å². The van der Waals surface area contributed by atoms with Gasteiger partial charge in [-0.2, -0.15) is 9.36 Å². The monoisotopic (exact) mass is 416 g/mol. The molecular formula is C24H24N4O3. The van der Waals surface area contributed by atoms with Crippen LogP contribution in [0, 0.1) is 13.8 Å². The van der Waals surface area contributed by atoms with Gasteiger partial charge in [-0.25, -0.2) is 4.79 Å². The van der Waals surface area contributed by atoms with Crippen molar-refractivity contribution in [1.29, 1.82) is 0 Å². The molecule has 0 aliphatic rings. The molecule has 0 fully saturated rings. The Morgan fingerprint density at radius 3 is 2.35 bits per heavy atom. The SMILES string of the molecule is COc1cccc(-n2nnn(C)c2=O)c1COc1ccc(-c2cccc(C)c2)cc1C. The molecule has 7 nitrogen and oxygen atoms in total. The lowest BCUT2D eigenvalue weighted by Gasteiger charge is -2.15. The van der Waals surface area contributed by atoms with Crippen molar-refractivity contribution in [3.8, 4) is 28.3 Å². The van der Waals surface area contributed by atoms with Gasteiger partial charge in [-0.05, 0) is 65.2 Å². The number of nitrogens with zero attached hydrogens (tertiary/aromatic N) is 4. The Morgan fingerprint density at radius 2 is 1.68 bits per heavy atom. The van der Waals surface area contributed by atoms with E-state index >= 15 is 0 Å². The van der Waals surface area contributed by atoms with E-state index in [9.17, 15) is 4.79 Å². The van der Waals surface area contributed by atoms with Gasteiger partial charge in [0.25, 0.3) is 0 Å². The van der Waals surface area contributed by atoms with Gasteiger partial charge in [0.1, 0.15) is 18.1 Å². The molecule has 0 N–H and O–H groups in total. The standard InChI is InChI=1S/C24H24N4O3/c1-16-7-5-8-18(13-16)19-11-12-22(17(2)14-19)31-15-20-21(9-6-10-23(20)30-4)28-24(29)27(3)25-26-28/h5-14H,15H2,1-4H3. The van der Waals surface area contributed by atoms with Crippen LogP contribution in [0.1, 0.15) is 16.7 Å². The summed E-state index contributed by atoms with van der Waals surface area (Å²) >= 11 is 0. The topological polar surface area (TPSA) is 71.2 Å². The summed E-state index contributed by atoms with van der Waals surface area (Å²) in [6.07, 6.45) is 0. The molecule has 31 heavy (non-hydrogen) atoms. The van der Waals surface area contributed by atoms with Crippen LogP contribution in [0.3, 0.4) is 0 Å². The summed E-state index contributed by atoms with van der Waals surface area (Å²) < 4.78 is 14.1. The molecule has 158 valence electrons. The third-order valence-corrected chi connectivity index (χ3v) is 5.18. The van der Waals surface area contributed by atoms with E-state index in [1.165, 1.54) is 20.5 Å². The van der Waals surface area contributed by atoms with E-state index in [0.29, 0.717) is 11.4 Å². The van der Waals surface area contributed by atoms with Gasteiger partial charge in [0.2, 0.25) is 0 Å². The Morgan fingerprint density at radius 1 is 0.903 bits per heavy atom. The number of hydrogen-bond acceptors (Lipinski definition) is 5. The average molecular weight is 416 g/mol. The summed E-state index contributed by atoms with van der Waals surface area (Å²) in [5.74, 6) is 1.38. The van der Waals surface area contributed by atoms with Crippen LogP contribution in [-0.4, -0.2) is 26.9 Å². The van der Waals surface area contributed by atoms with Gasteiger partial charge >= 0.3 is 5.69 Å². The maximum atomic E-state index is 12.4. The normalized spacial score (nSPS) is 10.8. The zero-order valence-electron chi connectivity index (χ0n) is 18.0. The minimum atomic E-state index is -0.340. The molecule has 0 spiro atoms. The van der Waals surface area contributed by atoms with Gasteiger partial charge < -0.3 is 9.47 Å². The van der Waals surface area contributed by atoms with E-state index in [0.717, 1.165) is 22.4 Å². The minimum absolute atomic E-state index is 0.215. The first kappa shape index (κ1) is 20.4. The van der Waals surface area contributed by atoms with Gasteiger partial charge in [-0.3, -0.25) is 0 Å². The lowest BCUT2D eigenvalue weighted by Crippen LogP contribution is -2.23. The van der Waals surface area contributed by atoms with E-state index in [1.54, 1.807) is 26.3 Å². The molecule has 1 aromatic heterocycles. The molecule has 4 aromatic rings. The number of benzene rings is 3. The molecule has 0 saturated heterocycles. The highest BCUT2D eigenvalue weighted by molar-refractivity contribution is 5.66. The highest BCUT2D eigenvalue weighted by Gasteiger charge is 2.16. The molecule has 7 heteroatoms. The van der Waals surface area contributed by atoms with E-state index in [-0.39, 0.29) is 12.3 Å². The van der Waals surface area contributed by atoms with Crippen LogP contribution in [0.4, 0.5) is 0 Å². The van der Waals surface area contributed by atoms with Crippen molar-refractivity contribution in [2.45, 2.75) is 20.5 Å². The highest BCUT2D eigenvalue weighted by atomic mass is 16.5. The Balaban J connectivity index is 1.64. The molecule has 0 aliphatic heterocycles. The first-order valence-corrected chi connectivity index (χ1v) is 9.93. The van der Waals surface area contributed by atoms with Crippen LogP contribution in [0.2, 0.25) is 0 Å². The zero-order chi connectivity index (χ0) is 22.0. The lowest BCUT2D eigenvalue weighted by atomic mass is 10.0. The molecule has 1 heterocycles. The number of ether oxygens (including phenoxy) is 2. The van der Waals surface area contributed by atoms with Crippen molar-refractivity contribution >= 4 is 0 Å². The Bertz CT molecular complexity index is 1290. The van der Waals surface area contributed by atoms with Gasteiger partial charge in [-0.1, -0.05) is 42.0 Å². The van der Waals surface area contributed by atoms with Gasteiger partial charge in [-0.15, -0.1) is 0 Å². The quantitative estimate of drug-likeness (QED) is 0.478. The molecule has 0 unspecified atom stereocenters. The summed E-state index contributed by atoms with van der Waals surface area (Å²) in [4.78, 5) is 12.4. The number of hydrogen-bond donors (Lipinski definition) is 0. The summed E-state index contributed by atoms with van der Waals surface area (Å²) in [7, 11) is 3.14. The fourth-order valence-electron chi connectivity index (χ4n) is 3.52. The molecule has 0 aliphatic carbocycles. The Hall–Kier alpha value is -3.87. The summed E-state index contributed by atoms with van der Waals surface area (Å²) in [6.45, 7) is 4.32. The van der Waals surface area contributed by atoms with E-state index < -0.39 is 0 Å². The molecule has 3 aromatic carbocycles. The second-order valence-electron chi connectivity index (χ2n) is 7.39. The lowest BCUT2D eigenvalue weighted by molar-refractivity contribution is 0.294. The summed E-state index contributed by atoms with van der Waals surface area (Å²) in [6, 6.07) is 20.0. The third-order valence-electron chi connectivity index (χ3n) is 5.18. The van der Waals surface area contributed by atoms with E-state index in [1.807, 2.05) is 25.1 Å². The second kappa shape index (κ2) is 8.47. The fraction of sp³-hybridized carbons (Fsp3) is 0.208. The van der Waals surface area contributed by atoms with Crippen LogP contribution in [0.25, 0.3) is 16.8 Å². The number of tetrazole rings is 1. The zero-order valence-corrected chi connectivity index (χ0v) is 18.0. The summed E-state index contributed by atoms with van der Waals surface area (Å²) in [5.41, 5.74) is 5.50. The Labute approximate surface area is 180 Å². The number of aromatic nitrogens is 4. The van der Waals surface area contributed by atoms with Crippen LogP contribution >= 0.6 is 0 Å². The predicted octanol–water partition coefficient (Wildman–Crippen LogP) is 3.84. The Kier molecular flexibility index (Phi) is 5.58. The first-order valence-electron chi connectivity index (χ1n) is 9.93. The van der Waals surface area contributed by atoms with Crippen molar-refractivity contribution < 1.29 is 9.47 Å². The van der Waals surface area contributed by atoms with E-state index in [2.05, 4.69) is 47.7 Å². The van der Waals surface area contributed by atoms with Crippen LogP contribution < -0.4 is 15.2 Å². The molecule has 0 atom stereocenters. The van der Waals surface area contributed by atoms with Crippen LogP contribution in [0.5, 0.6) is 11.5 Å². The first-order chi connectivity index (χ1) is 15.0. The van der Waals surface area contributed by atoms with Gasteiger partial charge in [0.15, 0.2) is 0 Å². The fourth-order valence-corrected chi connectivity index (χ4v) is 3.52. The van der Waals surface area contributed by atoms with Crippen molar-refractivity contribution in [1.82, 2.24) is 19.8 Å². The highest BCUT2D eigenvalue weighted by Crippen LogP contribution is 2.30. The van der Waals surface area contributed by atoms with Crippen molar-refractivity contribution in [3.63, 3.8) is 0 Å². The van der Waals surface area contributed by atoms with Crippen molar-refractivity contribution in [2.75, 3.05) is 7.11 Å². The number of methoxy groups -OCH3 is 1. The third kappa shape index (κ3) is 4.07. The van der Waals surface area contributed by atoms with Crippen LogP contribution in [0.15, 0.2) is 65.5 Å². The maximum Gasteiger partial charge on any atom is 0.368 e. The average Bonchev–Trinajstić information content (AvgIpc) is 3.10. The van der Waals surface area contributed by atoms with Gasteiger partial charge in [0.05, 0.1) is 18.4 Å². The molecular weight excluding hydrogens is 392 g/mol. The smallest absolute Gasteiger partial charge is 0.368 e. The van der Waals surface area contributed by atoms with Gasteiger partial charge in [0, 0.05) is 7.05 Å². The van der Waals surface area contributed by atoms with E-state index in [4.69, 9.17) is 9.47 Å². The molecule has 4 rings (SSSR count). The summed E-state index contributed by atoms with van der Waals surface area (Å²) in [5, 5.41) is 7.75. The molecule has 0 radical (unpaired) electrons. The second-order valence-corrected chi connectivity index (χ2v) is 7.39. The number of rotatable bonds is 6. The number of aryl methyl sites for hydroxylation is 3. The predicted molar refractivity (Wildman–Crippen MR) is 119 cm³/mol. The largest absolute Gasteiger partial charge is 0.496 e. The van der Waals surface area contributed by atoms with Crippen molar-refractivity contribution in [3.05, 3.63) is 87.8 Å². The maximum absolute atomic E-state index is 12.4. The molecule has 0 saturated carbocycles.